The number of furan rings is 1. The maximum absolute atomic E-state index is 6.02. The molecular weight excluding hydrogens is 228 g/mol. The smallest absolute Gasteiger partial charge is 0.0947 e. The molecule has 0 N–H and O–H groups in total. The first-order valence-corrected chi connectivity index (χ1v) is 6.79. The van der Waals surface area contributed by atoms with Crippen molar-refractivity contribution in [2.45, 2.75) is 37.6 Å². The fourth-order valence-corrected chi connectivity index (χ4v) is 3.28. The average Bonchev–Trinajstić information content (AvgIpc) is 2.98. The van der Waals surface area contributed by atoms with Crippen molar-refractivity contribution in [1.82, 2.24) is 9.80 Å². The van der Waals surface area contributed by atoms with E-state index in [4.69, 9.17) is 9.15 Å². The Bertz CT molecular complexity index is 377. The van der Waals surface area contributed by atoms with E-state index in [1.165, 1.54) is 18.4 Å². The Balaban J connectivity index is 1.74. The second-order valence-corrected chi connectivity index (χ2v) is 5.64. The number of hydrogen-bond donors (Lipinski definition) is 0. The summed E-state index contributed by atoms with van der Waals surface area (Å²) < 4.78 is 11.2. The molecule has 0 radical (unpaired) electrons. The lowest BCUT2D eigenvalue weighted by Crippen LogP contribution is -2.45. The summed E-state index contributed by atoms with van der Waals surface area (Å²) in [6, 6.07) is 3.14. The number of nitrogens with zero attached hydrogens (tertiary/aromatic N) is 2. The van der Waals surface area contributed by atoms with Crippen LogP contribution < -0.4 is 0 Å². The molecule has 4 heteroatoms. The minimum absolute atomic E-state index is 0.376. The summed E-state index contributed by atoms with van der Waals surface area (Å²) in [7, 11) is 4.31. The Morgan fingerprint density at radius 2 is 2.33 bits per heavy atom. The van der Waals surface area contributed by atoms with Crippen molar-refractivity contribution < 1.29 is 9.15 Å². The lowest BCUT2D eigenvalue weighted by atomic mass is 10.0. The Morgan fingerprint density at radius 3 is 3.06 bits per heavy atom. The predicted molar refractivity (Wildman–Crippen MR) is 69.4 cm³/mol. The van der Waals surface area contributed by atoms with Gasteiger partial charge in [-0.25, -0.2) is 0 Å². The molecule has 4 nitrogen and oxygen atoms in total. The normalized spacial score (nSPS) is 32.9. The molecule has 0 aromatic carbocycles. The quantitative estimate of drug-likeness (QED) is 0.814. The Labute approximate surface area is 108 Å². The van der Waals surface area contributed by atoms with E-state index in [1.807, 2.05) is 6.26 Å². The number of rotatable bonds is 3. The number of likely N-dealkylation sites (tertiary alicyclic amines) is 1. The lowest BCUT2D eigenvalue weighted by Gasteiger charge is -2.33. The van der Waals surface area contributed by atoms with Crippen LogP contribution in [0.3, 0.4) is 0 Å². The molecule has 2 saturated heterocycles. The van der Waals surface area contributed by atoms with E-state index < -0.39 is 0 Å². The third kappa shape index (κ3) is 2.20. The van der Waals surface area contributed by atoms with Gasteiger partial charge in [0.25, 0.3) is 0 Å². The van der Waals surface area contributed by atoms with Crippen LogP contribution in [0.15, 0.2) is 23.0 Å². The Hall–Kier alpha value is -0.840. The van der Waals surface area contributed by atoms with Crippen LogP contribution in [0.2, 0.25) is 0 Å². The molecular formula is C14H22N2O2. The molecule has 1 aromatic heterocycles. The van der Waals surface area contributed by atoms with Crippen LogP contribution in [-0.4, -0.2) is 55.2 Å². The van der Waals surface area contributed by atoms with Gasteiger partial charge in [0.2, 0.25) is 0 Å². The molecule has 2 fully saturated rings. The van der Waals surface area contributed by atoms with Gasteiger partial charge in [-0.2, -0.15) is 0 Å². The van der Waals surface area contributed by atoms with Crippen molar-refractivity contribution >= 4 is 0 Å². The zero-order valence-electron chi connectivity index (χ0n) is 11.2. The van der Waals surface area contributed by atoms with Crippen LogP contribution in [0.5, 0.6) is 0 Å². The molecule has 3 atom stereocenters. The SMILES string of the molecule is CN(C)[C@@H]1CN(Cc2ccoc2)[C@@H]2CCCO[C@H]12. The lowest BCUT2D eigenvalue weighted by molar-refractivity contribution is -0.0343. The minimum atomic E-state index is 0.376. The van der Waals surface area contributed by atoms with Gasteiger partial charge >= 0.3 is 0 Å². The van der Waals surface area contributed by atoms with Gasteiger partial charge in [-0.3, -0.25) is 4.90 Å². The van der Waals surface area contributed by atoms with E-state index in [9.17, 15) is 0 Å². The van der Waals surface area contributed by atoms with Crippen LogP contribution in [0.4, 0.5) is 0 Å². The molecule has 2 aliphatic rings. The van der Waals surface area contributed by atoms with Crippen molar-refractivity contribution in [1.29, 1.82) is 0 Å². The molecule has 0 amide bonds. The predicted octanol–water partition coefficient (Wildman–Crippen LogP) is 1.57. The number of likely N-dealkylation sites (N-methyl/N-ethyl adjacent to an activating group) is 1. The van der Waals surface area contributed by atoms with Gasteiger partial charge in [-0.15, -0.1) is 0 Å². The van der Waals surface area contributed by atoms with Gasteiger partial charge in [0.15, 0.2) is 0 Å². The summed E-state index contributed by atoms with van der Waals surface area (Å²) in [5.41, 5.74) is 1.26. The fourth-order valence-electron chi connectivity index (χ4n) is 3.28. The van der Waals surface area contributed by atoms with E-state index >= 15 is 0 Å². The summed E-state index contributed by atoms with van der Waals surface area (Å²) in [6.45, 7) is 2.99. The van der Waals surface area contributed by atoms with Gasteiger partial charge in [0, 0.05) is 37.3 Å². The van der Waals surface area contributed by atoms with Crippen molar-refractivity contribution in [3.63, 3.8) is 0 Å². The van der Waals surface area contributed by atoms with Gasteiger partial charge in [0.05, 0.1) is 18.6 Å². The third-order valence-electron chi connectivity index (χ3n) is 4.23. The van der Waals surface area contributed by atoms with Crippen molar-refractivity contribution in [2.75, 3.05) is 27.2 Å². The average molecular weight is 250 g/mol. The van der Waals surface area contributed by atoms with Gasteiger partial charge in [0.1, 0.15) is 0 Å². The highest BCUT2D eigenvalue weighted by Crippen LogP contribution is 2.31. The van der Waals surface area contributed by atoms with E-state index in [1.54, 1.807) is 6.26 Å². The third-order valence-corrected chi connectivity index (χ3v) is 4.23. The van der Waals surface area contributed by atoms with Gasteiger partial charge < -0.3 is 14.1 Å². The van der Waals surface area contributed by atoms with Crippen LogP contribution >= 0.6 is 0 Å². The first-order valence-electron chi connectivity index (χ1n) is 6.79. The van der Waals surface area contributed by atoms with Gasteiger partial charge in [-0.05, 0) is 33.0 Å². The van der Waals surface area contributed by atoms with E-state index in [2.05, 4.69) is 30.0 Å². The fraction of sp³-hybridized carbons (Fsp3) is 0.714. The largest absolute Gasteiger partial charge is 0.472 e. The maximum Gasteiger partial charge on any atom is 0.0947 e. The molecule has 0 spiro atoms. The first kappa shape index (κ1) is 12.2. The second-order valence-electron chi connectivity index (χ2n) is 5.64. The second kappa shape index (κ2) is 5.03. The van der Waals surface area contributed by atoms with Crippen LogP contribution in [0.1, 0.15) is 18.4 Å². The molecule has 3 heterocycles. The van der Waals surface area contributed by atoms with Crippen molar-refractivity contribution in [3.8, 4) is 0 Å². The highest BCUT2D eigenvalue weighted by atomic mass is 16.5. The molecule has 100 valence electrons. The van der Waals surface area contributed by atoms with E-state index in [-0.39, 0.29) is 0 Å². The van der Waals surface area contributed by atoms with Crippen LogP contribution in [0.25, 0.3) is 0 Å². The number of fused-ring (bicyclic) bond motifs is 1. The van der Waals surface area contributed by atoms with Gasteiger partial charge in [-0.1, -0.05) is 0 Å². The molecule has 3 rings (SSSR count). The number of ether oxygens (including phenoxy) is 1. The topological polar surface area (TPSA) is 28.9 Å². The summed E-state index contributed by atoms with van der Waals surface area (Å²) in [4.78, 5) is 4.86. The molecule has 0 unspecified atom stereocenters. The highest BCUT2D eigenvalue weighted by Gasteiger charge is 2.44. The molecule has 2 aliphatic heterocycles. The minimum Gasteiger partial charge on any atom is -0.472 e. The molecule has 0 aliphatic carbocycles. The number of hydrogen-bond acceptors (Lipinski definition) is 4. The maximum atomic E-state index is 6.02. The molecule has 0 saturated carbocycles. The van der Waals surface area contributed by atoms with E-state index in [0.717, 1.165) is 19.7 Å². The Kier molecular flexibility index (Phi) is 3.41. The summed E-state index contributed by atoms with van der Waals surface area (Å²) in [6.07, 6.45) is 6.42. The summed E-state index contributed by atoms with van der Waals surface area (Å²) in [5, 5.41) is 0. The van der Waals surface area contributed by atoms with Crippen LogP contribution in [0, 0.1) is 0 Å². The molecule has 0 bridgehead atoms. The first-order chi connectivity index (χ1) is 8.75. The zero-order chi connectivity index (χ0) is 12.5. The Morgan fingerprint density at radius 1 is 1.44 bits per heavy atom. The van der Waals surface area contributed by atoms with Crippen LogP contribution in [-0.2, 0) is 11.3 Å². The molecule has 18 heavy (non-hydrogen) atoms. The standard InChI is InChI=1S/C14H22N2O2/c1-15(2)13-9-16(8-11-5-7-17-10-11)12-4-3-6-18-14(12)13/h5,7,10,12-14H,3-4,6,8-9H2,1-2H3/t12-,13-,14+/m1/s1. The summed E-state index contributed by atoms with van der Waals surface area (Å²) in [5.74, 6) is 0. The molecule has 1 aromatic rings. The highest BCUT2D eigenvalue weighted by molar-refractivity contribution is 5.08. The monoisotopic (exact) mass is 250 g/mol. The zero-order valence-corrected chi connectivity index (χ0v) is 11.2. The van der Waals surface area contributed by atoms with Crippen molar-refractivity contribution in [3.05, 3.63) is 24.2 Å². The van der Waals surface area contributed by atoms with E-state index in [0.29, 0.717) is 18.2 Å². The summed E-state index contributed by atoms with van der Waals surface area (Å²) >= 11 is 0. The van der Waals surface area contributed by atoms with Crippen molar-refractivity contribution in [2.24, 2.45) is 0 Å².